The standard InChI is InChI=1S/C14H16N6OS2/c1-20-12(18-19-14(20)22)6-15-13(21)8-23-7-11-16-9-4-2-3-5-10(9)17-11/h2-5H,6-8H2,1H3,(H,15,21)(H,16,17)(H,19,22). The van der Waals surface area contributed by atoms with E-state index in [1.165, 1.54) is 11.8 Å². The van der Waals surface area contributed by atoms with Crippen molar-refractivity contribution in [3.8, 4) is 0 Å². The van der Waals surface area contributed by atoms with E-state index in [2.05, 4.69) is 25.5 Å². The third kappa shape index (κ3) is 3.80. The van der Waals surface area contributed by atoms with Crippen molar-refractivity contribution in [1.82, 2.24) is 30.0 Å². The van der Waals surface area contributed by atoms with Crippen LogP contribution in [0, 0.1) is 4.77 Å². The normalized spacial score (nSPS) is 11.0. The van der Waals surface area contributed by atoms with Crippen molar-refractivity contribution in [3.63, 3.8) is 0 Å². The topological polar surface area (TPSA) is 91.4 Å². The minimum atomic E-state index is -0.0416. The molecule has 0 aliphatic rings. The van der Waals surface area contributed by atoms with Gasteiger partial charge < -0.3 is 14.9 Å². The van der Waals surface area contributed by atoms with Crippen LogP contribution in [0.4, 0.5) is 0 Å². The molecule has 0 fully saturated rings. The number of fused-ring (bicyclic) bond motifs is 1. The second-order valence-electron chi connectivity index (χ2n) is 4.97. The Kier molecular flexibility index (Phi) is 4.77. The number of thioether (sulfide) groups is 1. The largest absolute Gasteiger partial charge is 0.348 e. The summed E-state index contributed by atoms with van der Waals surface area (Å²) in [6.45, 7) is 0.355. The van der Waals surface area contributed by atoms with Crippen molar-refractivity contribution in [2.45, 2.75) is 12.3 Å². The monoisotopic (exact) mass is 348 g/mol. The molecule has 3 aromatic rings. The summed E-state index contributed by atoms with van der Waals surface area (Å²) in [6.07, 6.45) is 0. The lowest BCUT2D eigenvalue weighted by molar-refractivity contribution is -0.118. The van der Waals surface area contributed by atoms with Crippen LogP contribution >= 0.6 is 24.0 Å². The molecular formula is C14H16N6OS2. The zero-order valence-corrected chi connectivity index (χ0v) is 14.1. The van der Waals surface area contributed by atoms with E-state index in [1.807, 2.05) is 31.3 Å². The smallest absolute Gasteiger partial charge is 0.230 e. The van der Waals surface area contributed by atoms with Crippen molar-refractivity contribution >= 4 is 40.9 Å². The molecule has 0 saturated carbocycles. The molecule has 1 amide bonds. The lowest BCUT2D eigenvalue weighted by Crippen LogP contribution is -2.26. The van der Waals surface area contributed by atoms with E-state index < -0.39 is 0 Å². The molecule has 0 bridgehead atoms. The second-order valence-corrected chi connectivity index (χ2v) is 6.35. The van der Waals surface area contributed by atoms with Gasteiger partial charge in [0.1, 0.15) is 5.82 Å². The first-order chi connectivity index (χ1) is 11.1. The summed E-state index contributed by atoms with van der Waals surface area (Å²) in [4.78, 5) is 19.6. The lowest BCUT2D eigenvalue weighted by Gasteiger charge is -2.04. The molecule has 0 aliphatic carbocycles. The number of carbonyl (C=O) groups excluding carboxylic acids is 1. The number of amides is 1. The summed E-state index contributed by atoms with van der Waals surface area (Å²) >= 11 is 6.54. The van der Waals surface area contributed by atoms with Crippen molar-refractivity contribution in [1.29, 1.82) is 0 Å². The Labute approximate surface area is 141 Å². The van der Waals surface area contributed by atoms with Gasteiger partial charge in [0.25, 0.3) is 0 Å². The molecule has 0 aliphatic heterocycles. The summed E-state index contributed by atoms with van der Waals surface area (Å²) < 4.78 is 2.27. The minimum Gasteiger partial charge on any atom is -0.348 e. The van der Waals surface area contributed by atoms with Crippen molar-refractivity contribution in [2.75, 3.05) is 5.75 Å². The number of H-pyrrole nitrogens is 2. The van der Waals surface area contributed by atoms with Crippen LogP contribution in [0.2, 0.25) is 0 Å². The van der Waals surface area contributed by atoms with Crippen LogP contribution in [0.3, 0.4) is 0 Å². The van der Waals surface area contributed by atoms with Gasteiger partial charge in [-0.2, -0.15) is 5.10 Å². The molecule has 3 N–H and O–H groups in total. The molecule has 0 radical (unpaired) electrons. The number of hydrogen-bond donors (Lipinski definition) is 3. The maximum Gasteiger partial charge on any atom is 0.230 e. The molecular weight excluding hydrogens is 332 g/mol. The first-order valence-corrected chi connectivity index (χ1v) is 8.58. The highest BCUT2D eigenvalue weighted by Crippen LogP contribution is 2.14. The average molecular weight is 348 g/mol. The highest BCUT2D eigenvalue weighted by Gasteiger charge is 2.07. The molecule has 7 nitrogen and oxygen atoms in total. The molecule has 0 saturated heterocycles. The molecule has 1 aromatic carbocycles. The van der Waals surface area contributed by atoms with Gasteiger partial charge in [-0.15, -0.1) is 11.8 Å². The number of nitrogens with one attached hydrogen (secondary N) is 3. The molecule has 2 aromatic heterocycles. The molecule has 0 spiro atoms. The van der Waals surface area contributed by atoms with Gasteiger partial charge >= 0.3 is 0 Å². The zero-order chi connectivity index (χ0) is 16.2. The highest BCUT2D eigenvalue weighted by molar-refractivity contribution is 7.99. The van der Waals surface area contributed by atoms with E-state index >= 15 is 0 Å². The van der Waals surface area contributed by atoms with Gasteiger partial charge in [0.05, 0.1) is 29.1 Å². The molecule has 120 valence electrons. The van der Waals surface area contributed by atoms with Gasteiger partial charge in [0, 0.05) is 7.05 Å². The summed E-state index contributed by atoms with van der Waals surface area (Å²) in [5, 5.41) is 9.56. The summed E-state index contributed by atoms with van der Waals surface area (Å²) in [6, 6.07) is 7.87. The summed E-state index contributed by atoms with van der Waals surface area (Å²) in [7, 11) is 1.81. The maximum absolute atomic E-state index is 11.9. The Morgan fingerprint density at radius 3 is 3.00 bits per heavy atom. The van der Waals surface area contributed by atoms with Gasteiger partial charge in [0.15, 0.2) is 10.6 Å². The Morgan fingerprint density at radius 2 is 2.26 bits per heavy atom. The van der Waals surface area contributed by atoms with Crippen LogP contribution in [-0.2, 0) is 24.1 Å². The van der Waals surface area contributed by atoms with Crippen LogP contribution in [-0.4, -0.2) is 36.4 Å². The molecule has 3 rings (SSSR count). The SMILES string of the molecule is Cn1c(CNC(=O)CSCc2nc3ccccc3[nH]2)n[nH]c1=S. The van der Waals surface area contributed by atoms with Crippen LogP contribution in [0.1, 0.15) is 11.6 Å². The predicted octanol–water partition coefficient (Wildman–Crippen LogP) is 1.90. The molecule has 9 heteroatoms. The van der Waals surface area contributed by atoms with E-state index in [0.717, 1.165) is 16.9 Å². The summed E-state index contributed by atoms with van der Waals surface area (Å²) in [5.41, 5.74) is 1.96. The highest BCUT2D eigenvalue weighted by atomic mass is 32.2. The number of imidazole rings is 1. The van der Waals surface area contributed by atoms with E-state index in [0.29, 0.717) is 28.6 Å². The number of hydrogen-bond acceptors (Lipinski definition) is 5. The first-order valence-electron chi connectivity index (χ1n) is 7.02. The fourth-order valence-electron chi connectivity index (χ4n) is 2.08. The lowest BCUT2D eigenvalue weighted by atomic mass is 10.3. The third-order valence-electron chi connectivity index (χ3n) is 3.33. The van der Waals surface area contributed by atoms with Crippen LogP contribution in [0.15, 0.2) is 24.3 Å². The van der Waals surface area contributed by atoms with Gasteiger partial charge in [0.2, 0.25) is 5.91 Å². The fourth-order valence-corrected chi connectivity index (χ4v) is 2.95. The first kappa shape index (κ1) is 15.8. The molecule has 2 heterocycles. The molecule has 0 atom stereocenters. The van der Waals surface area contributed by atoms with Gasteiger partial charge in [-0.25, -0.2) is 4.98 Å². The Morgan fingerprint density at radius 1 is 1.43 bits per heavy atom. The van der Waals surface area contributed by atoms with Crippen molar-refractivity contribution in [3.05, 3.63) is 40.7 Å². The zero-order valence-electron chi connectivity index (χ0n) is 12.5. The number of aromatic amines is 2. The Balaban J connectivity index is 1.45. The average Bonchev–Trinajstić information content (AvgIpc) is 3.09. The van der Waals surface area contributed by atoms with E-state index in [4.69, 9.17) is 12.2 Å². The van der Waals surface area contributed by atoms with Crippen LogP contribution in [0.25, 0.3) is 11.0 Å². The van der Waals surface area contributed by atoms with Crippen LogP contribution < -0.4 is 5.32 Å². The quantitative estimate of drug-likeness (QED) is 0.592. The van der Waals surface area contributed by atoms with E-state index in [9.17, 15) is 4.79 Å². The Hall–Kier alpha value is -2.13. The number of carbonyl (C=O) groups is 1. The maximum atomic E-state index is 11.9. The fraction of sp³-hybridized carbons (Fsp3) is 0.286. The Bertz CT molecular complexity index is 848. The minimum absolute atomic E-state index is 0.0416. The van der Waals surface area contributed by atoms with Crippen molar-refractivity contribution in [2.24, 2.45) is 7.05 Å². The van der Waals surface area contributed by atoms with Gasteiger partial charge in [-0.05, 0) is 24.4 Å². The van der Waals surface area contributed by atoms with Crippen LogP contribution in [0.5, 0.6) is 0 Å². The number of para-hydroxylation sites is 2. The molecule has 23 heavy (non-hydrogen) atoms. The van der Waals surface area contributed by atoms with E-state index in [-0.39, 0.29) is 5.91 Å². The van der Waals surface area contributed by atoms with E-state index in [1.54, 1.807) is 4.57 Å². The van der Waals surface area contributed by atoms with Gasteiger partial charge in [-0.1, -0.05) is 12.1 Å². The number of aromatic nitrogens is 5. The second kappa shape index (κ2) is 6.97. The summed E-state index contributed by atoms with van der Waals surface area (Å²) in [5.74, 6) is 2.56. The van der Waals surface area contributed by atoms with Gasteiger partial charge in [-0.3, -0.25) is 9.89 Å². The number of rotatable bonds is 6. The number of nitrogens with zero attached hydrogens (tertiary/aromatic N) is 3. The predicted molar refractivity (Wildman–Crippen MR) is 92.5 cm³/mol. The number of benzene rings is 1. The molecule has 0 unspecified atom stereocenters. The third-order valence-corrected chi connectivity index (χ3v) is 4.64. The van der Waals surface area contributed by atoms with Crippen molar-refractivity contribution < 1.29 is 4.79 Å².